The van der Waals surface area contributed by atoms with Gasteiger partial charge in [0.15, 0.2) is 5.78 Å². The summed E-state index contributed by atoms with van der Waals surface area (Å²) in [6, 6.07) is 15.4. The van der Waals surface area contributed by atoms with Gasteiger partial charge in [-0.15, -0.1) is 0 Å². The number of allylic oxidation sites excluding steroid dienone is 1. The highest BCUT2D eigenvalue weighted by Gasteiger charge is 1.95. The van der Waals surface area contributed by atoms with Gasteiger partial charge >= 0.3 is 0 Å². The number of carbonyl (C=O) groups excluding carboxylic acids is 1. The van der Waals surface area contributed by atoms with Crippen molar-refractivity contribution in [1.82, 2.24) is 0 Å². The van der Waals surface area contributed by atoms with E-state index in [4.69, 9.17) is 0 Å². The third-order valence-corrected chi connectivity index (χ3v) is 3.65. The largest absolute Gasteiger partial charge is 0.295 e. The Balaban J connectivity index is 0.000000200. The smallest absolute Gasteiger partial charge is 0.159 e. The number of benzene rings is 2. The summed E-state index contributed by atoms with van der Waals surface area (Å²) < 4.78 is 2.11. The highest BCUT2D eigenvalue weighted by Crippen LogP contribution is 2.15. The second kappa shape index (κ2) is 8.18. The number of halogens is 2. The Morgan fingerprint density at radius 3 is 1.45 bits per heavy atom. The van der Waals surface area contributed by atoms with Crippen molar-refractivity contribution in [3.8, 4) is 0 Å². The van der Waals surface area contributed by atoms with E-state index in [-0.39, 0.29) is 5.78 Å². The summed E-state index contributed by atoms with van der Waals surface area (Å²) in [4.78, 5) is 10.7. The molecule has 0 saturated carbocycles. The van der Waals surface area contributed by atoms with Crippen molar-refractivity contribution in [3.63, 3.8) is 0 Å². The Bertz CT molecular complexity index is 528. The van der Waals surface area contributed by atoms with Gasteiger partial charge in [-0.05, 0) is 43.7 Å². The molecule has 0 fully saturated rings. The number of ketones is 1. The summed E-state index contributed by atoms with van der Waals surface area (Å²) in [6.07, 6.45) is 0. The van der Waals surface area contributed by atoms with Crippen molar-refractivity contribution in [3.05, 3.63) is 75.2 Å². The van der Waals surface area contributed by atoms with Gasteiger partial charge < -0.3 is 0 Å². The molecule has 3 heteroatoms. The Morgan fingerprint density at radius 1 is 0.800 bits per heavy atom. The van der Waals surface area contributed by atoms with E-state index >= 15 is 0 Å². The molecule has 0 unspecified atom stereocenters. The summed E-state index contributed by atoms with van der Waals surface area (Å²) in [5, 5.41) is 0. The van der Waals surface area contributed by atoms with E-state index in [1.807, 2.05) is 43.3 Å². The molecule has 20 heavy (non-hydrogen) atoms. The lowest BCUT2D eigenvalue weighted by atomic mass is 10.1. The predicted molar refractivity (Wildman–Crippen MR) is 93.0 cm³/mol. The third kappa shape index (κ3) is 5.85. The lowest BCUT2D eigenvalue weighted by Crippen LogP contribution is -1.89. The van der Waals surface area contributed by atoms with Crippen LogP contribution in [0.4, 0.5) is 0 Å². The molecule has 0 bridgehead atoms. The first-order valence-electron chi connectivity index (χ1n) is 6.08. The lowest BCUT2D eigenvalue weighted by Gasteiger charge is -1.97. The summed E-state index contributed by atoms with van der Waals surface area (Å²) in [7, 11) is 0. The fourth-order valence-corrected chi connectivity index (χ4v) is 1.95. The Labute approximate surface area is 137 Å². The summed E-state index contributed by atoms with van der Waals surface area (Å²) in [6.45, 7) is 7.40. The van der Waals surface area contributed by atoms with E-state index in [1.54, 1.807) is 19.1 Å². The van der Waals surface area contributed by atoms with Crippen LogP contribution < -0.4 is 0 Å². The van der Waals surface area contributed by atoms with Crippen LogP contribution in [0.2, 0.25) is 0 Å². The van der Waals surface area contributed by atoms with Crippen molar-refractivity contribution < 1.29 is 4.79 Å². The molecule has 2 aromatic rings. The summed E-state index contributed by atoms with van der Waals surface area (Å²) >= 11 is 6.65. The van der Waals surface area contributed by atoms with Crippen LogP contribution in [-0.2, 0) is 0 Å². The standard InChI is InChI=1S/C9H9Br.C8H7BrO/c1-7(2)8-3-5-9(10)6-4-8;1-6(10)7-2-4-8(9)5-3-7/h3-6H,1H2,2H3;2-5H,1H3. The molecule has 0 spiro atoms. The van der Waals surface area contributed by atoms with Gasteiger partial charge in [0.2, 0.25) is 0 Å². The van der Waals surface area contributed by atoms with Gasteiger partial charge in [-0.3, -0.25) is 4.79 Å². The first kappa shape index (κ1) is 16.9. The minimum Gasteiger partial charge on any atom is -0.295 e. The normalized spacial score (nSPS) is 9.40. The number of hydrogen-bond donors (Lipinski definition) is 0. The molecule has 0 aliphatic rings. The molecule has 104 valence electrons. The van der Waals surface area contributed by atoms with Gasteiger partial charge in [-0.1, -0.05) is 68.3 Å². The zero-order valence-electron chi connectivity index (χ0n) is 11.5. The Kier molecular flexibility index (Phi) is 6.89. The van der Waals surface area contributed by atoms with Gasteiger partial charge in [0, 0.05) is 14.5 Å². The van der Waals surface area contributed by atoms with E-state index in [9.17, 15) is 4.79 Å². The van der Waals surface area contributed by atoms with Crippen LogP contribution in [0.1, 0.15) is 29.8 Å². The molecule has 2 aromatic carbocycles. The maximum absolute atomic E-state index is 10.7. The molecular formula is C17H16Br2O. The number of hydrogen-bond acceptors (Lipinski definition) is 1. The van der Waals surface area contributed by atoms with E-state index in [1.165, 1.54) is 5.56 Å². The topological polar surface area (TPSA) is 17.1 Å². The highest BCUT2D eigenvalue weighted by molar-refractivity contribution is 9.10. The number of carbonyl (C=O) groups is 1. The fourth-order valence-electron chi connectivity index (χ4n) is 1.42. The molecule has 0 aromatic heterocycles. The number of Topliss-reactive ketones (excluding diaryl/α,β-unsaturated/α-hetero) is 1. The van der Waals surface area contributed by atoms with Gasteiger partial charge in [0.1, 0.15) is 0 Å². The van der Waals surface area contributed by atoms with Crippen molar-refractivity contribution in [2.24, 2.45) is 0 Å². The Hall–Kier alpha value is -1.19. The average Bonchev–Trinajstić information content (AvgIpc) is 2.40. The molecule has 0 heterocycles. The first-order valence-corrected chi connectivity index (χ1v) is 7.66. The molecule has 2 rings (SSSR count). The van der Waals surface area contributed by atoms with Crippen LogP contribution in [0.25, 0.3) is 5.57 Å². The molecule has 1 nitrogen and oxygen atoms in total. The van der Waals surface area contributed by atoms with E-state index in [0.717, 1.165) is 20.1 Å². The lowest BCUT2D eigenvalue weighted by molar-refractivity contribution is 0.101. The van der Waals surface area contributed by atoms with Crippen LogP contribution in [-0.4, -0.2) is 5.78 Å². The first-order chi connectivity index (χ1) is 9.40. The SMILES string of the molecule is C=C(C)c1ccc(Br)cc1.CC(=O)c1ccc(Br)cc1. The second-order valence-electron chi connectivity index (χ2n) is 4.35. The van der Waals surface area contributed by atoms with Crippen LogP contribution in [0.3, 0.4) is 0 Å². The predicted octanol–water partition coefficient (Wildman–Crippen LogP) is 6.13. The van der Waals surface area contributed by atoms with Crippen molar-refractivity contribution >= 4 is 43.2 Å². The molecule has 0 aliphatic carbocycles. The molecule has 0 atom stereocenters. The van der Waals surface area contributed by atoms with Gasteiger partial charge in [0.05, 0.1) is 0 Å². The molecule has 0 amide bonds. The van der Waals surface area contributed by atoms with Gasteiger partial charge in [-0.25, -0.2) is 0 Å². The zero-order valence-corrected chi connectivity index (χ0v) is 14.7. The van der Waals surface area contributed by atoms with Crippen molar-refractivity contribution in [2.75, 3.05) is 0 Å². The molecule has 0 N–H and O–H groups in total. The van der Waals surface area contributed by atoms with Crippen LogP contribution in [0.15, 0.2) is 64.1 Å². The summed E-state index contributed by atoms with van der Waals surface area (Å²) in [5.74, 6) is 0.104. The molecule has 0 saturated heterocycles. The summed E-state index contributed by atoms with van der Waals surface area (Å²) in [5.41, 5.74) is 3.05. The molecule has 0 radical (unpaired) electrons. The van der Waals surface area contributed by atoms with E-state index in [0.29, 0.717) is 0 Å². The zero-order chi connectivity index (χ0) is 15.1. The number of rotatable bonds is 2. The van der Waals surface area contributed by atoms with Gasteiger partial charge in [0.25, 0.3) is 0 Å². The van der Waals surface area contributed by atoms with Crippen molar-refractivity contribution in [1.29, 1.82) is 0 Å². The molecule has 0 aliphatic heterocycles. The molecular weight excluding hydrogens is 380 g/mol. The fraction of sp³-hybridized carbons (Fsp3) is 0.118. The maximum atomic E-state index is 10.7. The van der Waals surface area contributed by atoms with E-state index < -0.39 is 0 Å². The second-order valence-corrected chi connectivity index (χ2v) is 6.18. The van der Waals surface area contributed by atoms with Crippen LogP contribution in [0, 0.1) is 0 Å². The van der Waals surface area contributed by atoms with Crippen LogP contribution >= 0.6 is 31.9 Å². The van der Waals surface area contributed by atoms with E-state index in [2.05, 4.69) is 38.4 Å². The quantitative estimate of drug-likeness (QED) is 0.558. The minimum absolute atomic E-state index is 0.104. The minimum atomic E-state index is 0.104. The monoisotopic (exact) mass is 394 g/mol. The Morgan fingerprint density at radius 2 is 1.15 bits per heavy atom. The van der Waals surface area contributed by atoms with Crippen LogP contribution in [0.5, 0.6) is 0 Å². The van der Waals surface area contributed by atoms with Gasteiger partial charge in [-0.2, -0.15) is 0 Å². The third-order valence-electron chi connectivity index (χ3n) is 2.59. The average molecular weight is 396 g/mol. The van der Waals surface area contributed by atoms with Crippen molar-refractivity contribution in [2.45, 2.75) is 13.8 Å². The highest BCUT2D eigenvalue weighted by atomic mass is 79.9. The maximum Gasteiger partial charge on any atom is 0.159 e.